The van der Waals surface area contributed by atoms with Crippen LogP contribution >= 0.6 is 0 Å². The molecule has 2 fully saturated rings. The second-order valence-electron chi connectivity index (χ2n) is 6.23. The minimum atomic E-state index is -0.678. The van der Waals surface area contributed by atoms with Crippen LogP contribution in [-0.2, 0) is 4.74 Å². The molecule has 0 radical (unpaired) electrons. The second-order valence-corrected chi connectivity index (χ2v) is 6.23. The summed E-state index contributed by atoms with van der Waals surface area (Å²) in [5.41, 5.74) is 0.440. The lowest BCUT2D eigenvalue weighted by molar-refractivity contribution is -0.0277. The zero-order valence-corrected chi connectivity index (χ0v) is 12.9. The number of aromatic nitrogens is 2. The Bertz CT molecular complexity index is 516. The smallest absolute Gasteiger partial charge is 0.254 e. The summed E-state index contributed by atoms with van der Waals surface area (Å²) in [7, 11) is 1.60. The molecule has 0 saturated heterocycles. The maximum atomic E-state index is 12.3. The third-order valence-electron chi connectivity index (χ3n) is 4.54. The van der Waals surface area contributed by atoms with E-state index in [1.54, 1.807) is 19.5 Å². The lowest BCUT2D eigenvalue weighted by Gasteiger charge is -2.26. The number of nitrogens with zero attached hydrogens (tertiary/aromatic N) is 2. The van der Waals surface area contributed by atoms with Crippen LogP contribution in [0.2, 0.25) is 0 Å². The zero-order chi connectivity index (χ0) is 15.5. The van der Waals surface area contributed by atoms with Gasteiger partial charge in [-0.25, -0.2) is 9.97 Å². The van der Waals surface area contributed by atoms with Crippen molar-refractivity contribution < 1.29 is 14.6 Å². The number of hydrogen-bond acceptors (Lipinski definition) is 5. The number of amides is 1. The summed E-state index contributed by atoms with van der Waals surface area (Å²) in [6, 6.07) is -0.289. The predicted octanol–water partition coefficient (Wildman–Crippen LogP) is 1.40. The quantitative estimate of drug-likeness (QED) is 0.822. The van der Waals surface area contributed by atoms with Gasteiger partial charge in [-0.2, -0.15) is 0 Å². The third-order valence-corrected chi connectivity index (χ3v) is 4.54. The Labute approximate surface area is 130 Å². The molecule has 0 aromatic carbocycles. The van der Waals surface area contributed by atoms with Crippen molar-refractivity contribution in [3.63, 3.8) is 0 Å². The van der Waals surface area contributed by atoms with Gasteiger partial charge in [-0.15, -0.1) is 0 Å². The first-order chi connectivity index (χ1) is 10.7. The molecule has 2 aliphatic rings. The van der Waals surface area contributed by atoms with Gasteiger partial charge in [0.05, 0.1) is 17.7 Å². The van der Waals surface area contributed by atoms with E-state index in [1.807, 2.05) is 0 Å². The van der Waals surface area contributed by atoms with Crippen LogP contribution in [0.5, 0.6) is 0 Å². The van der Waals surface area contributed by atoms with Crippen LogP contribution in [-0.4, -0.2) is 46.3 Å². The average Bonchev–Trinajstić information content (AvgIpc) is 3.38. The zero-order valence-electron chi connectivity index (χ0n) is 12.9. The van der Waals surface area contributed by atoms with E-state index in [0.717, 1.165) is 44.3 Å². The molecule has 2 saturated carbocycles. The van der Waals surface area contributed by atoms with Gasteiger partial charge in [-0.05, 0) is 25.7 Å². The largest absolute Gasteiger partial charge is 0.388 e. The molecule has 6 heteroatoms. The van der Waals surface area contributed by atoms with Gasteiger partial charge in [-0.1, -0.05) is 12.8 Å². The summed E-state index contributed by atoms with van der Waals surface area (Å²) in [5, 5.41) is 13.3. The normalized spacial score (nSPS) is 28.9. The first kappa shape index (κ1) is 15.4. The van der Waals surface area contributed by atoms with Gasteiger partial charge < -0.3 is 15.2 Å². The van der Waals surface area contributed by atoms with Gasteiger partial charge in [-0.3, -0.25) is 4.79 Å². The summed E-state index contributed by atoms with van der Waals surface area (Å²) in [6.07, 6.45) is 8.08. The van der Waals surface area contributed by atoms with Gasteiger partial charge >= 0.3 is 0 Å². The molecule has 1 heterocycles. The lowest BCUT2D eigenvalue weighted by Crippen LogP contribution is -2.48. The Morgan fingerprint density at radius 1 is 1.23 bits per heavy atom. The number of methoxy groups -OCH3 is 1. The first-order valence-electron chi connectivity index (χ1n) is 8.02. The maximum absolute atomic E-state index is 12.3. The van der Waals surface area contributed by atoms with Gasteiger partial charge in [0.15, 0.2) is 0 Å². The van der Waals surface area contributed by atoms with E-state index in [1.165, 1.54) is 0 Å². The van der Waals surface area contributed by atoms with E-state index in [2.05, 4.69) is 15.3 Å². The van der Waals surface area contributed by atoms with E-state index in [9.17, 15) is 9.90 Å². The topological polar surface area (TPSA) is 84.3 Å². The SMILES string of the molecule is CO[C@@H]1CCCC[C@@H](NC(=O)c2cnc(C3CC3)nc2)[C@H]1O. The molecular weight excluding hydrogens is 282 g/mol. The highest BCUT2D eigenvalue weighted by molar-refractivity contribution is 5.93. The fraction of sp³-hybridized carbons (Fsp3) is 0.688. The predicted molar refractivity (Wildman–Crippen MR) is 80.5 cm³/mol. The fourth-order valence-corrected chi connectivity index (χ4v) is 2.98. The molecule has 0 spiro atoms. The third kappa shape index (κ3) is 3.44. The highest BCUT2D eigenvalue weighted by Crippen LogP contribution is 2.37. The van der Waals surface area contributed by atoms with Crippen molar-refractivity contribution in [3.05, 3.63) is 23.8 Å². The Balaban J connectivity index is 1.64. The molecule has 3 atom stereocenters. The van der Waals surface area contributed by atoms with Crippen LogP contribution in [0.4, 0.5) is 0 Å². The Morgan fingerprint density at radius 2 is 1.91 bits per heavy atom. The fourth-order valence-electron chi connectivity index (χ4n) is 2.98. The first-order valence-corrected chi connectivity index (χ1v) is 8.02. The highest BCUT2D eigenvalue weighted by Gasteiger charge is 2.31. The van der Waals surface area contributed by atoms with Crippen molar-refractivity contribution >= 4 is 5.91 Å². The monoisotopic (exact) mass is 305 g/mol. The highest BCUT2D eigenvalue weighted by atomic mass is 16.5. The van der Waals surface area contributed by atoms with Gasteiger partial charge in [0.1, 0.15) is 11.9 Å². The second kappa shape index (κ2) is 6.71. The van der Waals surface area contributed by atoms with E-state index in [4.69, 9.17) is 4.74 Å². The Morgan fingerprint density at radius 3 is 2.55 bits per heavy atom. The van der Waals surface area contributed by atoms with E-state index in [0.29, 0.717) is 11.5 Å². The molecule has 2 aliphatic carbocycles. The minimum Gasteiger partial charge on any atom is -0.388 e. The van der Waals surface area contributed by atoms with Gasteiger partial charge in [0, 0.05) is 25.4 Å². The molecule has 0 unspecified atom stereocenters. The molecule has 22 heavy (non-hydrogen) atoms. The molecule has 0 bridgehead atoms. The van der Waals surface area contributed by atoms with Gasteiger partial charge in [0.25, 0.3) is 5.91 Å². The number of hydrogen-bond donors (Lipinski definition) is 2. The Hall–Kier alpha value is -1.53. The molecule has 0 aliphatic heterocycles. The summed E-state index contributed by atoms with van der Waals surface area (Å²) in [6.45, 7) is 0. The lowest BCUT2D eigenvalue weighted by atomic mass is 10.0. The number of aliphatic hydroxyl groups excluding tert-OH is 1. The van der Waals surface area contributed by atoms with Crippen molar-refractivity contribution in [2.45, 2.75) is 62.7 Å². The van der Waals surface area contributed by atoms with Crippen molar-refractivity contribution in [3.8, 4) is 0 Å². The molecule has 3 rings (SSSR count). The van der Waals surface area contributed by atoms with E-state index < -0.39 is 6.10 Å². The van der Waals surface area contributed by atoms with E-state index in [-0.39, 0.29) is 18.1 Å². The number of carbonyl (C=O) groups is 1. The molecule has 1 amide bonds. The van der Waals surface area contributed by atoms with Crippen LogP contribution in [0.25, 0.3) is 0 Å². The summed E-state index contributed by atoms with van der Waals surface area (Å²) in [4.78, 5) is 20.8. The van der Waals surface area contributed by atoms with Crippen LogP contribution in [0, 0.1) is 0 Å². The molecule has 6 nitrogen and oxygen atoms in total. The van der Waals surface area contributed by atoms with Crippen LogP contribution in [0.1, 0.15) is 60.6 Å². The van der Waals surface area contributed by atoms with Gasteiger partial charge in [0.2, 0.25) is 0 Å². The number of aliphatic hydroxyl groups is 1. The summed E-state index contributed by atoms with van der Waals surface area (Å²) in [5.74, 6) is 1.07. The molecule has 2 N–H and O–H groups in total. The molecule has 1 aromatic rings. The van der Waals surface area contributed by atoms with Crippen LogP contribution in [0.15, 0.2) is 12.4 Å². The number of rotatable bonds is 4. The molecular formula is C16H23N3O3. The van der Waals surface area contributed by atoms with Crippen molar-refractivity contribution in [1.82, 2.24) is 15.3 Å². The molecule has 1 aromatic heterocycles. The summed E-state index contributed by atoms with van der Waals surface area (Å²) < 4.78 is 5.32. The maximum Gasteiger partial charge on any atom is 0.254 e. The van der Waals surface area contributed by atoms with Crippen molar-refractivity contribution in [2.24, 2.45) is 0 Å². The Kier molecular flexibility index (Phi) is 4.69. The number of nitrogens with one attached hydrogen (secondary N) is 1. The summed E-state index contributed by atoms with van der Waals surface area (Å²) >= 11 is 0. The van der Waals surface area contributed by atoms with E-state index >= 15 is 0 Å². The molecule has 120 valence electrons. The number of carbonyl (C=O) groups excluding carboxylic acids is 1. The van der Waals surface area contributed by atoms with Crippen LogP contribution in [0.3, 0.4) is 0 Å². The number of ether oxygens (including phenoxy) is 1. The van der Waals surface area contributed by atoms with Crippen molar-refractivity contribution in [2.75, 3.05) is 7.11 Å². The minimum absolute atomic E-state index is 0.221. The van der Waals surface area contributed by atoms with Crippen molar-refractivity contribution in [1.29, 1.82) is 0 Å². The van der Waals surface area contributed by atoms with Crippen LogP contribution < -0.4 is 5.32 Å². The average molecular weight is 305 g/mol. The standard InChI is InChI=1S/C16H23N3O3/c1-22-13-5-3-2-4-12(14(13)20)19-16(21)11-8-17-15(18-9-11)10-6-7-10/h8-10,12-14,20H,2-7H2,1H3,(H,19,21)/t12-,13-,14-/m1/s1.